The molecule has 0 aliphatic rings. The molecule has 0 aliphatic carbocycles. The van der Waals surface area contributed by atoms with Crippen LogP contribution in [0.4, 0.5) is 0 Å². The minimum absolute atomic E-state index is 0. The molecule has 0 amide bonds. The third kappa shape index (κ3) is 4.63. The van der Waals surface area contributed by atoms with E-state index in [1.54, 1.807) is 30.1 Å². The van der Waals surface area contributed by atoms with E-state index >= 15 is 0 Å². The van der Waals surface area contributed by atoms with Gasteiger partial charge in [0.1, 0.15) is 0 Å². The van der Waals surface area contributed by atoms with Gasteiger partial charge in [-0.1, -0.05) is 6.07 Å². The zero-order chi connectivity index (χ0) is 20.4. The highest BCUT2D eigenvalue weighted by atomic mass is 35.5. The highest BCUT2D eigenvalue weighted by Crippen LogP contribution is 2.25. The summed E-state index contributed by atoms with van der Waals surface area (Å²) in [5, 5.41) is 21.2. The number of hydrogen-bond acceptors (Lipinski definition) is 5. The van der Waals surface area contributed by atoms with Crippen molar-refractivity contribution < 1.29 is 27.9 Å². The molecule has 9 nitrogen and oxygen atoms in total. The zero-order valence-electron chi connectivity index (χ0n) is 16.7. The van der Waals surface area contributed by atoms with Crippen molar-refractivity contribution in [1.29, 1.82) is 0 Å². The number of fused-ring (bicyclic) bond motifs is 1. The molecule has 4 N–H and O–H groups in total. The Morgan fingerprint density at radius 2 is 1.86 bits per heavy atom. The zero-order valence-corrected chi connectivity index (χ0v) is 17.4. The van der Waals surface area contributed by atoms with Crippen molar-refractivity contribution in [2.75, 3.05) is 6.54 Å². The molecular formula is C19H26ClN5O4. The van der Waals surface area contributed by atoms with Crippen LogP contribution in [-0.2, 0) is 27.1 Å². The average Bonchev–Trinajstić information content (AvgIpc) is 3.09. The van der Waals surface area contributed by atoms with Crippen molar-refractivity contribution in [3.05, 3.63) is 50.9 Å². The molecule has 10 heteroatoms. The first-order valence-corrected chi connectivity index (χ1v) is 9.24. The highest BCUT2D eigenvalue weighted by molar-refractivity contribution is 5.69. The molecule has 1 atom stereocenters. The summed E-state index contributed by atoms with van der Waals surface area (Å²) < 4.78 is 4.28. The SMILES string of the molecule is CC(Cc1ccc(O)c(O)c1)[NH2+]CCCn1cnc2c1c(=O)n(C)c(=O)n2C.[Cl-]. The smallest absolute Gasteiger partial charge is 0.332 e. The van der Waals surface area contributed by atoms with Crippen molar-refractivity contribution in [3.8, 4) is 11.5 Å². The Balaban J connectivity index is 0.00000300. The van der Waals surface area contributed by atoms with E-state index in [9.17, 15) is 19.8 Å². The molecule has 2 heterocycles. The fourth-order valence-electron chi connectivity index (χ4n) is 3.38. The number of aryl methyl sites for hydroxylation is 2. The second kappa shape index (κ2) is 9.15. The monoisotopic (exact) mass is 423 g/mol. The van der Waals surface area contributed by atoms with E-state index in [1.807, 2.05) is 0 Å². The lowest BCUT2D eigenvalue weighted by Gasteiger charge is -2.12. The number of nitrogens with zero attached hydrogens (tertiary/aromatic N) is 4. The standard InChI is InChI=1S/C19H25N5O4.ClH/c1-12(9-13-5-6-14(25)15(26)10-13)20-7-4-8-24-11-21-17-16(24)18(27)23(3)19(28)22(17)2;/h5-6,10-12,20,25-26H,4,7-9H2,1-3H3;1H. The van der Waals surface area contributed by atoms with Crippen LogP contribution >= 0.6 is 0 Å². The van der Waals surface area contributed by atoms with E-state index in [1.165, 1.54) is 17.7 Å². The summed E-state index contributed by atoms with van der Waals surface area (Å²) in [5.41, 5.74) is 1.09. The number of rotatable bonds is 7. The molecule has 0 saturated heterocycles. The Kier molecular flexibility index (Phi) is 7.10. The molecule has 0 bridgehead atoms. The minimum atomic E-state index is -0.384. The Morgan fingerprint density at radius 1 is 1.14 bits per heavy atom. The largest absolute Gasteiger partial charge is 1.00 e. The molecular weight excluding hydrogens is 398 g/mol. The van der Waals surface area contributed by atoms with Crippen LogP contribution in [0, 0.1) is 0 Å². The molecule has 29 heavy (non-hydrogen) atoms. The first kappa shape index (κ1) is 22.5. The summed E-state index contributed by atoms with van der Waals surface area (Å²) in [6.45, 7) is 3.59. The number of aromatic hydroxyl groups is 2. The lowest BCUT2D eigenvalue weighted by atomic mass is 10.1. The van der Waals surface area contributed by atoms with Crippen molar-refractivity contribution in [2.24, 2.45) is 14.1 Å². The van der Waals surface area contributed by atoms with Gasteiger partial charge in [0.2, 0.25) is 0 Å². The molecule has 3 aromatic rings. The number of benzene rings is 1. The second-order valence-electron chi connectivity index (χ2n) is 7.20. The van der Waals surface area contributed by atoms with Crippen molar-refractivity contribution in [2.45, 2.75) is 32.4 Å². The quantitative estimate of drug-likeness (QED) is 0.268. The summed E-state index contributed by atoms with van der Waals surface area (Å²) in [5.74, 6) is -0.218. The number of imidazole rings is 1. The maximum Gasteiger partial charge on any atom is 0.332 e. The third-order valence-electron chi connectivity index (χ3n) is 4.99. The fourth-order valence-corrected chi connectivity index (χ4v) is 3.38. The van der Waals surface area contributed by atoms with Crippen LogP contribution < -0.4 is 29.0 Å². The molecule has 3 rings (SSSR count). The molecule has 1 aromatic carbocycles. The molecule has 0 spiro atoms. The summed E-state index contributed by atoms with van der Waals surface area (Å²) in [6.07, 6.45) is 3.21. The van der Waals surface area contributed by atoms with Crippen LogP contribution in [0.1, 0.15) is 18.9 Å². The van der Waals surface area contributed by atoms with Crippen molar-refractivity contribution in [1.82, 2.24) is 18.7 Å². The maximum atomic E-state index is 12.4. The van der Waals surface area contributed by atoms with Gasteiger partial charge in [0, 0.05) is 33.5 Å². The van der Waals surface area contributed by atoms with Crippen LogP contribution in [0.5, 0.6) is 11.5 Å². The number of halogens is 1. The van der Waals surface area contributed by atoms with Crippen LogP contribution in [0.15, 0.2) is 34.1 Å². The van der Waals surface area contributed by atoms with Crippen LogP contribution in [0.25, 0.3) is 11.2 Å². The molecule has 2 aromatic heterocycles. The van der Waals surface area contributed by atoms with Gasteiger partial charge in [0.15, 0.2) is 22.7 Å². The van der Waals surface area contributed by atoms with Gasteiger partial charge >= 0.3 is 5.69 Å². The Labute approximate surface area is 173 Å². The maximum absolute atomic E-state index is 12.4. The third-order valence-corrected chi connectivity index (χ3v) is 4.99. The van der Waals surface area contributed by atoms with Gasteiger partial charge in [-0.25, -0.2) is 9.78 Å². The fraction of sp³-hybridized carbons (Fsp3) is 0.421. The van der Waals surface area contributed by atoms with E-state index in [2.05, 4.69) is 17.2 Å². The minimum Gasteiger partial charge on any atom is -1.00 e. The van der Waals surface area contributed by atoms with E-state index in [4.69, 9.17) is 0 Å². The number of phenols is 2. The van der Waals surface area contributed by atoms with E-state index in [-0.39, 0.29) is 35.2 Å². The molecule has 158 valence electrons. The lowest BCUT2D eigenvalue weighted by molar-refractivity contribution is -0.686. The summed E-state index contributed by atoms with van der Waals surface area (Å²) in [6, 6.07) is 5.18. The van der Waals surface area contributed by atoms with Crippen molar-refractivity contribution in [3.63, 3.8) is 0 Å². The van der Waals surface area contributed by atoms with Gasteiger partial charge in [0.25, 0.3) is 5.56 Å². The normalized spacial score (nSPS) is 12.1. The van der Waals surface area contributed by atoms with E-state index in [0.29, 0.717) is 23.8 Å². The first-order valence-electron chi connectivity index (χ1n) is 9.24. The Morgan fingerprint density at radius 3 is 2.55 bits per heavy atom. The lowest BCUT2D eigenvalue weighted by Crippen LogP contribution is -3.00. The molecule has 0 fully saturated rings. The Bertz CT molecular complexity index is 1120. The molecule has 0 radical (unpaired) electrons. The van der Waals surface area contributed by atoms with Crippen LogP contribution in [-0.4, -0.2) is 41.5 Å². The summed E-state index contributed by atoms with van der Waals surface area (Å²) >= 11 is 0. The van der Waals surface area contributed by atoms with Gasteiger partial charge in [0.05, 0.1) is 18.9 Å². The van der Waals surface area contributed by atoms with Gasteiger partial charge in [-0.2, -0.15) is 0 Å². The van der Waals surface area contributed by atoms with Gasteiger partial charge in [-0.15, -0.1) is 0 Å². The predicted molar refractivity (Wildman–Crippen MR) is 105 cm³/mol. The molecule has 1 unspecified atom stereocenters. The van der Waals surface area contributed by atoms with Gasteiger partial charge < -0.3 is 32.5 Å². The van der Waals surface area contributed by atoms with Gasteiger partial charge in [-0.3, -0.25) is 13.9 Å². The number of hydrogen-bond donors (Lipinski definition) is 3. The average molecular weight is 424 g/mol. The summed E-state index contributed by atoms with van der Waals surface area (Å²) in [7, 11) is 3.08. The number of aromatic nitrogens is 4. The molecule has 0 aliphatic heterocycles. The number of quaternary nitrogens is 1. The van der Waals surface area contributed by atoms with Crippen molar-refractivity contribution >= 4 is 11.2 Å². The number of phenolic OH excluding ortho intramolecular Hbond substituents is 2. The summed E-state index contributed by atoms with van der Waals surface area (Å²) in [4.78, 5) is 28.6. The highest BCUT2D eigenvalue weighted by Gasteiger charge is 2.14. The van der Waals surface area contributed by atoms with Crippen LogP contribution in [0.2, 0.25) is 0 Å². The van der Waals surface area contributed by atoms with Gasteiger partial charge in [-0.05, 0) is 24.6 Å². The predicted octanol–water partition coefficient (Wildman–Crippen LogP) is -3.57. The van der Waals surface area contributed by atoms with E-state index in [0.717, 1.165) is 29.5 Å². The first-order chi connectivity index (χ1) is 13.3. The van der Waals surface area contributed by atoms with Crippen LogP contribution in [0.3, 0.4) is 0 Å². The van der Waals surface area contributed by atoms with E-state index < -0.39 is 0 Å². The number of nitrogens with two attached hydrogens (primary N) is 1. The molecule has 0 saturated carbocycles. The second-order valence-corrected chi connectivity index (χ2v) is 7.20. The Hall–Kier alpha value is -2.78. The topological polar surface area (TPSA) is 119 Å².